The molecule has 132 valence electrons. The Morgan fingerprint density at radius 1 is 1.04 bits per heavy atom. The molecule has 0 radical (unpaired) electrons. The number of nitrogens with zero attached hydrogens (tertiary/aromatic N) is 1. The lowest BCUT2D eigenvalue weighted by Gasteiger charge is -2.31. The van der Waals surface area contributed by atoms with Gasteiger partial charge in [-0.3, -0.25) is 9.78 Å². The largest absolute Gasteiger partial charge is 0.326 e. The summed E-state index contributed by atoms with van der Waals surface area (Å²) in [6.45, 7) is 3.51. The molecule has 2 fully saturated rings. The zero-order valence-corrected chi connectivity index (χ0v) is 14.8. The second-order valence-corrected chi connectivity index (χ2v) is 7.81. The van der Waals surface area contributed by atoms with Crippen molar-refractivity contribution in [2.24, 2.45) is 17.8 Å². The highest BCUT2D eigenvalue weighted by Crippen LogP contribution is 2.30. The summed E-state index contributed by atoms with van der Waals surface area (Å²) >= 11 is 0. The number of carbonyl (C=O) groups excluding carboxylic acids is 1. The number of carbonyl (C=O) groups is 1. The number of nitrogens with one attached hydrogen (secondary N) is 2. The third-order valence-corrected chi connectivity index (χ3v) is 5.88. The van der Waals surface area contributed by atoms with E-state index in [-0.39, 0.29) is 11.8 Å². The molecule has 0 aromatic carbocycles. The van der Waals surface area contributed by atoms with E-state index in [9.17, 15) is 4.79 Å². The molecule has 2 N–H and O–H groups in total. The number of pyridine rings is 1. The van der Waals surface area contributed by atoms with E-state index < -0.39 is 0 Å². The first-order chi connectivity index (χ1) is 11.7. The number of hydrogen-bond donors (Lipinski definition) is 2. The van der Waals surface area contributed by atoms with Crippen LogP contribution in [-0.4, -0.2) is 23.5 Å². The number of amides is 1. The van der Waals surface area contributed by atoms with Crippen molar-refractivity contribution >= 4 is 11.6 Å². The molecule has 2 saturated carbocycles. The van der Waals surface area contributed by atoms with Gasteiger partial charge in [-0.15, -0.1) is 0 Å². The summed E-state index contributed by atoms with van der Waals surface area (Å²) < 4.78 is 0. The van der Waals surface area contributed by atoms with Crippen molar-refractivity contribution in [3.8, 4) is 0 Å². The molecule has 0 saturated heterocycles. The van der Waals surface area contributed by atoms with Gasteiger partial charge in [-0.1, -0.05) is 6.92 Å². The van der Waals surface area contributed by atoms with Crippen LogP contribution in [0.2, 0.25) is 0 Å². The minimum atomic E-state index is 0.171. The molecule has 4 nitrogen and oxygen atoms in total. The molecule has 1 amide bonds. The van der Waals surface area contributed by atoms with Crippen LogP contribution in [0.1, 0.15) is 58.3 Å². The van der Waals surface area contributed by atoms with Crippen LogP contribution < -0.4 is 10.6 Å². The van der Waals surface area contributed by atoms with E-state index in [1.807, 2.05) is 12.1 Å². The summed E-state index contributed by atoms with van der Waals surface area (Å²) in [6, 6.07) is 4.42. The first kappa shape index (κ1) is 17.4. The van der Waals surface area contributed by atoms with Crippen LogP contribution in [-0.2, 0) is 4.79 Å². The third kappa shape index (κ3) is 5.04. The van der Waals surface area contributed by atoms with Crippen molar-refractivity contribution in [2.45, 2.75) is 64.3 Å². The number of hydrogen-bond acceptors (Lipinski definition) is 3. The minimum Gasteiger partial charge on any atom is -0.326 e. The standard InChI is InChI=1S/C20H31N3O/c1-15-2-8-18(9-3-15)22-14-16-4-6-17(7-5-16)20(24)23-19-10-12-21-13-11-19/h10-13,15-18,22H,2-9,14H2,1H3,(H,21,23,24). The average Bonchev–Trinajstić information content (AvgIpc) is 2.62. The van der Waals surface area contributed by atoms with Gasteiger partial charge in [0, 0.05) is 30.0 Å². The molecule has 1 aromatic heterocycles. The Morgan fingerprint density at radius 2 is 1.71 bits per heavy atom. The van der Waals surface area contributed by atoms with Crippen molar-refractivity contribution in [3.05, 3.63) is 24.5 Å². The molecule has 0 bridgehead atoms. The Kier molecular flexibility index (Phi) is 6.24. The molecule has 0 spiro atoms. The zero-order valence-electron chi connectivity index (χ0n) is 14.8. The van der Waals surface area contributed by atoms with Gasteiger partial charge in [0.1, 0.15) is 0 Å². The molecule has 24 heavy (non-hydrogen) atoms. The summed E-state index contributed by atoms with van der Waals surface area (Å²) in [4.78, 5) is 16.3. The van der Waals surface area contributed by atoms with Crippen LogP contribution in [0.3, 0.4) is 0 Å². The maximum absolute atomic E-state index is 12.4. The fourth-order valence-electron chi connectivity index (χ4n) is 4.11. The highest BCUT2D eigenvalue weighted by Gasteiger charge is 2.27. The summed E-state index contributed by atoms with van der Waals surface area (Å²) in [7, 11) is 0. The monoisotopic (exact) mass is 329 g/mol. The first-order valence-electron chi connectivity index (χ1n) is 9.65. The Labute approximate surface area is 145 Å². The lowest BCUT2D eigenvalue weighted by atomic mass is 9.81. The first-order valence-corrected chi connectivity index (χ1v) is 9.65. The molecular formula is C20H31N3O. The Bertz CT molecular complexity index is 503. The number of anilines is 1. The predicted octanol–water partition coefficient (Wildman–Crippen LogP) is 3.99. The average molecular weight is 329 g/mol. The van der Waals surface area contributed by atoms with Gasteiger partial charge < -0.3 is 10.6 Å². The Balaban J connectivity index is 1.35. The van der Waals surface area contributed by atoms with Crippen LogP contribution in [0.25, 0.3) is 0 Å². The zero-order chi connectivity index (χ0) is 16.8. The number of rotatable bonds is 5. The van der Waals surface area contributed by atoms with E-state index in [2.05, 4.69) is 22.5 Å². The summed E-state index contributed by atoms with van der Waals surface area (Å²) in [5, 5.41) is 6.81. The van der Waals surface area contributed by atoms with Crippen molar-refractivity contribution in [2.75, 3.05) is 11.9 Å². The lowest BCUT2D eigenvalue weighted by molar-refractivity contribution is -0.121. The van der Waals surface area contributed by atoms with E-state index in [4.69, 9.17) is 0 Å². The molecule has 1 aromatic rings. The van der Waals surface area contributed by atoms with Gasteiger partial charge in [0.15, 0.2) is 0 Å². The van der Waals surface area contributed by atoms with Crippen LogP contribution in [0.15, 0.2) is 24.5 Å². The summed E-state index contributed by atoms with van der Waals surface area (Å²) in [5.41, 5.74) is 0.852. The number of aromatic nitrogens is 1. The van der Waals surface area contributed by atoms with Gasteiger partial charge in [0.25, 0.3) is 0 Å². The quantitative estimate of drug-likeness (QED) is 0.858. The maximum Gasteiger partial charge on any atom is 0.227 e. The van der Waals surface area contributed by atoms with Gasteiger partial charge in [0.05, 0.1) is 0 Å². The lowest BCUT2D eigenvalue weighted by Crippen LogP contribution is -2.37. The van der Waals surface area contributed by atoms with Gasteiger partial charge in [-0.2, -0.15) is 0 Å². The highest BCUT2D eigenvalue weighted by atomic mass is 16.1. The van der Waals surface area contributed by atoms with E-state index in [1.165, 1.54) is 38.5 Å². The molecule has 2 aliphatic rings. The molecule has 2 aliphatic carbocycles. The molecule has 3 rings (SSSR count). The second kappa shape index (κ2) is 8.61. The SMILES string of the molecule is CC1CCC(NCC2CCC(C(=O)Nc3ccncc3)CC2)CC1. The van der Waals surface area contributed by atoms with Crippen LogP contribution in [0, 0.1) is 17.8 Å². The normalized spacial score (nSPS) is 30.7. The fraction of sp³-hybridized carbons (Fsp3) is 0.700. The topological polar surface area (TPSA) is 54.0 Å². The predicted molar refractivity (Wildman–Crippen MR) is 97.7 cm³/mol. The molecular weight excluding hydrogens is 298 g/mol. The minimum absolute atomic E-state index is 0.171. The van der Waals surface area contributed by atoms with Crippen molar-refractivity contribution < 1.29 is 4.79 Å². The fourth-order valence-corrected chi connectivity index (χ4v) is 4.11. The second-order valence-electron chi connectivity index (χ2n) is 7.81. The van der Waals surface area contributed by atoms with E-state index in [0.717, 1.165) is 43.0 Å². The molecule has 4 heteroatoms. The van der Waals surface area contributed by atoms with Crippen molar-refractivity contribution in [1.82, 2.24) is 10.3 Å². The van der Waals surface area contributed by atoms with E-state index in [0.29, 0.717) is 0 Å². The maximum atomic E-state index is 12.4. The Morgan fingerprint density at radius 3 is 2.38 bits per heavy atom. The molecule has 0 aliphatic heterocycles. The third-order valence-electron chi connectivity index (χ3n) is 5.88. The summed E-state index contributed by atoms with van der Waals surface area (Å²) in [5.74, 6) is 2.01. The van der Waals surface area contributed by atoms with Crippen LogP contribution in [0.4, 0.5) is 5.69 Å². The van der Waals surface area contributed by atoms with Crippen LogP contribution >= 0.6 is 0 Å². The molecule has 1 heterocycles. The smallest absolute Gasteiger partial charge is 0.227 e. The van der Waals surface area contributed by atoms with E-state index >= 15 is 0 Å². The van der Waals surface area contributed by atoms with E-state index in [1.54, 1.807) is 12.4 Å². The van der Waals surface area contributed by atoms with Crippen LogP contribution in [0.5, 0.6) is 0 Å². The van der Waals surface area contributed by atoms with Crippen molar-refractivity contribution in [1.29, 1.82) is 0 Å². The van der Waals surface area contributed by atoms with Crippen molar-refractivity contribution in [3.63, 3.8) is 0 Å². The Hall–Kier alpha value is -1.42. The van der Waals surface area contributed by atoms with Gasteiger partial charge in [-0.05, 0) is 81.9 Å². The molecule has 0 unspecified atom stereocenters. The highest BCUT2D eigenvalue weighted by molar-refractivity contribution is 5.92. The molecule has 0 atom stereocenters. The van der Waals surface area contributed by atoms with Gasteiger partial charge in [0.2, 0.25) is 5.91 Å². The van der Waals surface area contributed by atoms with Gasteiger partial charge >= 0.3 is 0 Å². The van der Waals surface area contributed by atoms with Gasteiger partial charge in [-0.25, -0.2) is 0 Å². The summed E-state index contributed by atoms with van der Waals surface area (Å²) in [6.07, 6.45) is 13.2.